The lowest BCUT2D eigenvalue weighted by molar-refractivity contribution is -0.129. The standard InChI is InChI=1S/C20H23N3O3/c1-26-18-6-4-5-17(14-18)22-20(25)21-16-9-7-15(8-10-16)13-19(24)23-11-2-3-12-23/h4-10,14H,2-3,11-13H2,1H3,(H2,21,22,25). The van der Waals surface area contributed by atoms with Gasteiger partial charge < -0.3 is 20.3 Å². The average Bonchev–Trinajstić information content (AvgIpc) is 3.18. The first-order chi connectivity index (χ1) is 12.6. The highest BCUT2D eigenvalue weighted by molar-refractivity contribution is 5.99. The molecule has 1 aliphatic heterocycles. The maximum Gasteiger partial charge on any atom is 0.323 e. The van der Waals surface area contributed by atoms with Gasteiger partial charge in [-0.2, -0.15) is 0 Å². The van der Waals surface area contributed by atoms with Crippen LogP contribution < -0.4 is 15.4 Å². The van der Waals surface area contributed by atoms with Crippen molar-refractivity contribution in [3.8, 4) is 5.75 Å². The van der Waals surface area contributed by atoms with Crippen molar-refractivity contribution in [2.45, 2.75) is 19.3 Å². The van der Waals surface area contributed by atoms with E-state index < -0.39 is 0 Å². The van der Waals surface area contributed by atoms with Gasteiger partial charge in [-0.3, -0.25) is 4.79 Å². The van der Waals surface area contributed by atoms with Crippen LogP contribution in [-0.2, 0) is 11.2 Å². The molecule has 1 aliphatic rings. The topological polar surface area (TPSA) is 70.7 Å². The second-order valence-electron chi connectivity index (χ2n) is 6.27. The van der Waals surface area contributed by atoms with Crippen LogP contribution in [-0.4, -0.2) is 37.0 Å². The molecule has 3 amide bonds. The molecule has 0 spiro atoms. The van der Waals surface area contributed by atoms with Crippen molar-refractivity contribution in [1.29, 1.82) is 0 Å². The molecule has 0 atom stereocenters. The average molecular weight is 353 g/mol. The number of hydrogen-bond donors (Lipinski definition) is 2. The molecule has 6 heteroatoms. The first kappa shape index (κ1) is 17.8. The molecular weight excluding hydrogens is 330 g/mol. The molecule has 1 heterocycles. The van der Waals surface area contributed by atoms with Gasteiger partial charge in [0.2, 0.25) is 5.91 Å². The van der Waals surface area contributed by atoms with Crippen molar-refractivity contribution in [3.63, 3.8) is 0 Å². The van der Waals surface area contributed by atoms with Crippen molar-refractivity contribution >= 4 is 23.3 Å². The first-order valence-corrected chi connectivity index (χ1v) is 8.73. The molecule has 136 valence electrons. The zero-order valence-electron chi connectivity index (χ0n) is 14.8. The molecule has 0 aliphatic carbocycles. The summed E-state index contributed by atoms with van der Waals surface area (Å²) < 4.78 is 5.13. The summed E-state index contributed by atoms with van der Waals surface area (Å²) in [7, 11) is 1.58. The van der Waals surface area contributed by atoms with Gasteiger partial charge >= 0.3 is 6.03 Å². The minimum absolute atomic E-state index is 0.166. The molecule has 0 saturated carbocycles. The van der Waals surface area contributed by atoms with Crippen LogP contribution in [0.1, 0.15) is 18.4 Å². The number of rotatable bonds is 5. The van der Waals surface area contributed by atoms with Crippen LogP contribution >= 0.6 is 0 Å². The number of nitrogens with one attached hydrogen (secondary N) is 2. The largest absolute Gasteiger partial charge is 0.497 e. The number of urea groups is 1. The molecule has 26 heavy (non-hydrogen) atoms. The van der Waals surface area contributed by atoms with Gasteiger partial charge in [0.05, 0.1) is 13.5 Å². The molecule has 0 unspecified atom stereocenters. The number of methoxy groups -OCH3 is 1. The van der Waals surface area contributed by atoms with E-state index in [1.54, 1.807) is 37.4 Å². The van der Waals surface area contributed by atoms with Gasteiger partial charge in [0.15, 0.2) is 0 Å². The van der Waals surface area contributed by atoms with E-state index in [0.717, 1.165) is 31.5 Å². The smallest absolute Gasteiger partial charge is 0.323 e. The Hall–Kier alpha value is -3.02. The fraction of sp³-hybridized carbons (Fsp3) is 0.300. The predicted molar refractivity (Wildman–Crippen MR) is 102 cm³/mol. The molecule has 2 N–H and O–H groups in total. The fourth-order valence-corrected chi connectivity index (χ4v) is 2.95. The van der Waals surface area contributed by atoms with Gasteiger partial charge in [0.25, 0.3) is 0 Å². The fourth-order valence-electron chi connectivity index (χ4n) is 2.95. The maximum absolute atomic E-state index is 12.2. The maximum atomic E-state index is 12.2. The molecule has 0 aromatic heterocycles. The lowest BCUT2D eigenvalue weighted by atomic mass is 10.1. The van der Waals surface area contributed by atoms with Gasteiger partial charge in [0, 0.05) is 30.5 Å². The normalized spacial score (nSPS) is 13.3. The van der Waals surface area contributed by atoms with Crippen molar-refractivity contribution < 1.29 is 14.3 Å². The summed E-state index contributed by atoms with van der Waals surface area (Å²) in [6.07, 6.45) is 2.59. The molecule has 3 rings (SSSR count). The van der Waals surface area contributed by atoms with Crippen LogP contribution in [0.5, 0.6) is 5.75 Å². The zero-order chi connectivity index (χ0) is 18.4. The highest BCUT2D eigenvalue weighted by atomic mass is 16.5. The van der Waals surface area contributed by atoms with E-state index in [-0.39, 0.29) is 11.9 Å². The summed E-state index contributed by atoms with van der Waals surface area (Å²) in [5.41, 5.74) is 2.26. The number of hydrogen-bond acceptors (Lipinski definition) is 3. The summed E-state index contributed by atoms with van der Waals surface area (Å²) in [4.78, 5) is 26.2. The van der Waals surface area contributed by atoms with E-state index in [1.807, 2.05) is 23.1 Å². The Bertz CT molecular complexity index is 768. The van der Waals surface area contributed by atoms with E-state index in [2.05, 4.69) is 10.6 Å². The van der Waals surface area contributed by atoms with Crippen LogP contribution in [0.4, 0.5) is 16.2 Å². The van der Waals surface area contributed by atoms with Crippen LogP contribution in [0.25, 0.3) is 0 Å². The molecule has 2 aromatic rings. The molecule has 2 aromatic carbocycles. The molecule has 0 radical (unpaired) electrons. The minimum atomic E-state index is -0.334. The Labute approximate surface area is 153 Å². The summed E-state index contributed by atoms with van der Waals surface area (Å²) in [6.45, 7) is 1.73. The Morgan fingerprint density at radius 1 is 1.00 bits per heavy atom. The second kappa shape index (κ2) is 8.38. The third-order valence-electron chi connectivity index (χ3n) is 4.35. The molecular formula is C20H23N3O3. The van der Waals surface area contributed by atoms with E-state index in [4.69, 9.17) is 4.74 Å². The van der Waals surface area contributed by atoms with Gasteiger partial charge in [-0.05, 0) is 42.7 Å². The lowest BCUT2D eigenvalue weighted by Gasteiger charge is -2.15. The zero-order valence-corrected chi connectivity index (χ0v) is 14.8. The van der Waals surface area contributed by atoms with Crippen LogP contribution in [0.15, 0.2) is 48.5 Å². The molecule has 1 saturated heterocycles. The Morgan fingerprint density at radius 3 is 2.38 bits per heavy atom. The van der Waals surface area contributed by atoms with Gasteiger partial charge in [-0.1, -0.05) is 18.2 Å². The highest BCUT2D eigenvalue weighted by Crippen LogP contribution is 2.18. The molecule has 1 fully saturated rings. The van der Waals surface area contributed by atoms with Crippen LogP contribution in [0.3, 0.4) is 0 Å². The number of anilines is 2. The third-order valence-corrected chi connectivity index (χ3v) is 4.35. The van der Waals surface area contributed by atoms with Crippen LogP contribution in [0, 0.1) is 0 Å². The summed E-state index contributed by atoms with van der Waals surface area (Å²) >= 11 is 0. The highest BCUT2D eigenvalue weighted by Gasteiger charge is 2.17. The number of carbonyl (C=O) groups is 2. The Morgan fingerprint density at radius 2 is 1.69 bits per heavy atom. The monoisotopic (exact) mass is 353 g/mol. The van der Waals surface area contributed by atoms with E-state index >= 15 is 0 Å². The number of amides is 3. The molecule has 6 nitrogen and oxygen atoms in total. The van der Waals surface area contributed by atoms with Crippen molar-refractivity contribution in [1.82, 2.24) is 4.90 Å². The predicted octanol–water partition coefficient (Wildman–Crippen LogP) is 3.50. The van der Waals surface area contributed by atoms with Gasteiger partial charge in [-0.25, -0.2) is 4.79 Å². The minimum Gasteiger partial charge on any atom is -0.497 e. The van der Waals surface area contributed by atoms with Crippen LogP contribution in [0.2, 0.25) is 0 Å². The summed E-state index contributed by atoms with van der Waals surface area (Å²) in [6, 6.07) is 14.2. The van der Waals surface area contributed by atoms with Crippen molar-refractivity contribution in [3.05, 3.63) is 54.1 Å². The second-order valence-corrected chi connectivity index (χ2v) is 6.27. The lowest BCUT2D eigenvalue weighted by Crippen LogP contribution is -2.29. The Balaban J connectivity index is 1.53. The number of nitrogens with zero attached hydrogens (tertiary/aromatic N) is 1. The van der Waals surface area contributed by atoms with Gasteiger partial charge in [-0.15, -0.1) is 0 Å². The number of ether oxygens (including phenoxy) is 1. The number of carbonyl (C=O) groups excluding carboxylic acids is 2. The summed E-state index contributed by atoms with van der Waals surface area (Å²) in [5, 5.41) is 5.54. The third kappa shape index (κ3) is 4.75. The van der Waals surface area contributed by atoms with Crippen molar-refractivity contribution in [2.75, 3.05) is 30.8 Å². The van der Waals surface area contributed by atoms with Crippen molar-refractivity contribution in [2.24, 2.45) is 0 Å². The van der Waals surface area contributed by atoms with Gasteiger partial charge in [0.1, 0.15) is 5.75 Å². The first-order valence-electron chi connectivity index (χ1n) is 8.73. The quantitative estimate of drug-likeness (QED) is 0.864. The van der Waals surface area contributed by atoms with E-state index in [9.17, 15) is 9.59 Å². The van der Waals surface area contributed by atoms with E-state index in [0.29, 0.717) is 23.5 Å². The Kier molecular flexibility index (Phi) is 5.73. The SMILES string of the molecule is COc1cccc(NC(=O)Nc2ccc(CC(=O)N3CCCC3)cc2)c1. The summed E-state index contributed by atoms with van der Waals surface area (Å²) in [5.74, 6) is 0.841. The number of benzene rings is 2. The molecule has 0 bridgehead atoms. The van der Waals surface area contributed by atoms with E-state index in [1.165, 1.54) is 0 Å². The number of likely N-dealkylation sites (tertiary alicyclic amines) is 1.